The number of halogens is 1. The molecule has 4 heteroatoms. The number of hydrogen-bond acceptors (Lipinski definition) is 2. The summed E-state index contributed by atoms with van der Waals surface area (Å²) in [6, 6.07) is 13.4. The topological polar surface area (TPSA) is 18.5 Å². The van der Waals surface area contributed by atoms with E-state index in [1.54, 1.807) is 0 Å². The van der Waals surface area contributed by atoms with Gasteiger partial charge in [-0.2, -0.15) is 0 Å². The molecule has 20 heavy (non-hydrogen) atoms. The second-order valence-corrected chi connectivity index (χ2v) is 12.5. The molecule has 0 aromatic heterocycles. The summed E-state index contributed by atoms with van der Waals surface area (Å²) in [6.45, 7) is 8.12. The predicted octanol–water partition coefficient (Wildman–Crippen LogP) is 5.29. The molecule has 2 rings (SSSR count). The zero-order valence-corrected chi connectivity index (χ0v) is 14.9. The van der Waals surface area contributed by atoms with Gasteiger partial charge in [-0.25, -0.2) is 0 Å². The third-order valence-corrected chi connectivity index (χ3v) is 5.64. The molecule has 0 aliphatic heterocycles. The Morgan fingerprint density at radius 3 is 2.55 bits per heavy atom. The molecule has 2 nitrogen and oxygen atoms in total. The zero-order chi connectivity index (χ0) is 14.6. The molecule has 108 valence electrons. The Kier molecular flexibility index (Phi) is 5.24. The van der Waals surface area contributed by atoms with Gasteiger partial charge in [0, 0.05) is 14.7 Å². The van der Waals surface area contributed by atoms with Crippen molar-refractivity contribution in [1.82, 2.24) is 0 Å². The van der Waals surface area contributed by atoms with Crippen molar-refractivity contribution in [3.05, 3.63) is 40.9 Å². The summed E-state index contributed by atoms with van der Waals surface area (Å²) >= 11 is 3.61. The highest BCUT2D eigenvalue weighted by Gasteiger charge is 2.12. The van der Waals surface area contributed by atoms with Gasteiger partial charge in [0.25, 0.3) is 0 Å². The molecule has 2 aromatic carbocycles. The molecule has 0 bridgehead atoms. The Balaban J connectivity index is 1.92. The molecular formula is C16H21BrO2Si. The number of hydrogen-bond donors (Lipinski definition) is 0. The van der Waals surface area contributed by atoms with Gasteiger partial charge in [0.05, 0.1) is 4.47 Å². The van der Waals surface area contributed by atoms with Crippen LogP contribution in [0.1, 0.15) is 0 Å². The van der Waals surface area contributed by atoms with Crippen molar-refractivity contribution in [2.75, 3.05) is 13.4 Å². The van der Waals surface area contributed by atoms with Gasteiger partial charge in [0.1, 0.15) is 5.75 Å². The second kappa shape index (κ2) is 6.74. The van der Waals surface area contributed by atoms with Crippen LogP contribution in [0.25, 0.3) is 10.8 Å². The van der Waals surface area contributed by atoms with Crippen LogP contribution >= 0.6 is 15.9 Å². The lowest BCUT2D eigenvalue weighted by molar-refractivity contribution is 0.0217. The number of fused-ring (bicyclic) bond motifs is 1. The third kappa shape index (κ3) is 4.33. The molecule has 0 N–H and O–H groups in total. The van der Waals surface area contributed by atoms with Crippen molar-refractivity contribution in [1.29, 1.82) is 0 Å². The molecule has 0 aliphatic carbocycles. The van der Waals surface area contributed by atoms with Crippen LogP contribution in [0.3, 0.4) is 0 Å². The van der Waals surface area contributed by atoms with Crippen molar-refractivity contribution in [3.8, 4) is 5.75 Å². The lowest BCUT2D eigenvalue weighted by Gasteiger charge is -2.16. The number of benzene rings is 2. The SMILES string of the molecule is C[Si](C)(C)CCOCOc1ccc2ccccc2c1Br. The Morgan fingerprint density at radius 1 is 1.05 bits per heavy atom. The molecule has 0 atom stereocenters. The maximum atomic E-state index is 5.71. The van der Waals surface area contributed by atoms with Crippen molar-refractivity contribution in [3.63, 3.8) is 0 Å². The molecule has 2 aromatic rings. The summed E-state index contributed by atoms with van der Waals surface area (Å²) < 4.78 is 12.3. The first kappa shape index (κ1) is 15.5. The van der Waals surface area contributed by atoms with E-state index in [-0.39, 0.29) is 0 Å². The van der Waals surface area contributed by atoms with E-state index in [4.69, 9.17) is 9.47 Å². The van der Waals surface area contributed by atoms with Crippen molar-refractivity contribution >= 4 is 34.8 Å². The second-order valence-electron chi connectivity index (χ2n) is 6.08. The molecular weight excluding hydrogens is 332 g/mol. The minimum atomic E-state index is -1.02. The van der Waals surface area contributed by atoms with Crippen molar-refractivity contribution < 1.29 is 9.47 Å². The van der Waals surface area contributed by atoms with Crippen LogP contribution in [0, 0.1) is 0 Å². The first-order valence-electron chi connectivity index (χ1n) is 6.85. The van der Waals surface area contributed by atoms with E-state index < -0.39 is 8.07 Å². The molecule has 0 amide bonds. The summed E-state index contributed by atoms with van der Waals surface area (Å²) in [4.78, 5) is 0. The fraction of sp³-hybridized carbons (Fsp3) is 0.375. The van der Waals surface area contributed by atoms with Gasteiger partial charge >= 0.3 is 0 Å². The van der Waals surface area contributed by atoms with Crippen LogP contribution in [0.15, 0.2) is 40.9 Å². The molecule has 0 radical (unpaired) electrons. The van der Waals surface area contributed by atoms with Gasteiger partial charge in [0.15, 0.2) is 6.79 Å². The summed E-state index contributed by atoms with van der Waals surface area (Å²) in [6.07, 6.45) is 0. The average molecular weight is 353 g/mol. The van der Waals surface area contributed by atoms with E-state index in [0.717, 1.165) is 28.3 Å². The fourth-order valence-corrected chi connectivity index (χ4v) is 3.23. The maximum Gasteiger partial charge on any atom is 0.189 e. The number of ether oxygens (including phenoxy) is 2. The molecule has 0 saturated heterocycles. The van der Waals surface area contributed by atoms with Crippen LogP contribution in [0.5, 0.6) is 5.75 Å². The predicted molar refractivity (Wildman–Crippen MR) is 91.2 cm³/mol. The van der Waals surface area contributed by atoms with E-state index in [9.17, 15) is 0 Å². The molecule has 0 heterocycles. The molecule has 0 aliphatic rings. The van der Waals surface area contributed by atoms with E-state index >= 15 is 0 Å². The molecule has 0 saturated carbocycles. The summed E-state index contributed by atoms with van der Waals surface area (Å²) in [5.41, 5.74) is 0. The van der Waals surface area contributed by atoms with Gasteiger partial charge in [0.2, 0.25) is 0 Å². The van der Waals surface area contributed by atoms with Crippen LogP contribution in [-0.2, 0) is 4.74 Å². The van der Waals surface area contributed by atoms with Crippen LogP contribution in [0.4, 0.5) is 0 Å². The van der Waals surface area contributed by atoms with E-state index in [1.165, 1.54) is 5.39 Å². The Hall–Kier alpha value is -0.843. The smallest absolute Gasteiger partial charge is 0.189 e. The molecule has 0 unspecified atom stereocenters. The number of rotatable bonds is 6. The monoisotopic (exact) mass is 352 g/mol. The summed E-state index contributed by atoms with van der Waals surface area (Å²) in [5.74, 6) is 0.830. The van der Waals surface area contributed by atoms with E-state index in [2.05, 4.69) is 53.8 Å². The highest BCUT2D eigenvalue weighted by molar-refractivity contribution is 9.10. The Bertz CT molecular complexity index is 578. The molecule has 0 spiro atoms. The quantitative estimate of drug-likeness (QED) is 0.399. The standard InChI is InChI=1S/C16H21BrO2Si/c1-20(2,3)11-10-18-12-19-15-9-8-13-6-4-5-7-14(13)16(15)17/h4-9H,10-12H2,1-3H3. The van der Waals surface area contributed by atoms with Crippen molar-refractivity contribution in [2.45, 2.75) is 25.7 Å². The van der Waals surface area contributed by atoms with Gasteiger partial charge in [-0.15, -0.1) is 0 Å². The maximum absolute atomic E-state index is 5.71. The van der Waals surface area contributed by atoms with E-state index in [1.807, 2.05) is 18.2 Å². The third-order valence-electron chi connectivity index (χ3n) is 3.12. The lowest BCUT2D eigenvalue weighted by atomic mass is 10.1. The normalized spacial score (nSPS) is 11.8. The minimum absolute atomic E-state index is 0.307. The molecule has 0 fully saturated rings. The Labute approximate surface area is 130 Å². The first-order valence-corrected chi connectivity index (χ1v) is 11.4. The van der Waals surface area contributed by atoms with Gasteiger partial charge in [-0.1, -0.05) is 50.0 Å². The van der Waals surface area contributed by atoms with Crippen LogP contribution < -0.4 is 4.74 Å². The lowest BCUT2D eigenvalue weighted by Crippen LogP contribution is -2.22. The first-order chi connectivity index (χ1) is 9.47. The minimum Gasteiger partial charge on any atom is -0.466 e. The highest BCUT2D eigenvalue weighted by Crippen LogP contribution is 2.32. The van der Waals surface area contributed by atoms with Gasteiger partial charge in [-0.3, -0.25) is 0 Å². The Morgan fingerprint density at radius 2 is 1.80 bits per heavy atom. The largest absolute Gasteiger partial charge is 0.466 e. The van der Waals surface area contributed by atoms with Crippen molar-refractivity contribution in [2.24, 2.45) is 0 Å². The fourth-order valence-electron chi connectivity index (χ4n) is 1.87. The van der Waals surface area contributed by atoms with Crippen LogP contribution in [-0.4, -0.2) is 21.5 Å². The summed E-state index contributed by atoms with van der Waals surface area (Å²) in [5, 5.41) is 2.36. The highest BCUT2D eigenvalue weighted by atomic mass is 79.9. The van der Waals surface area contributed by atoms with Gasteiger partial charge in [-0.05, 0) is 38.8 Å². The van der Waals surface area contributed by atoms with Gasteiger partial charge < -0.3 is 9.47 Å². The zero-order valence-electron chi connectivity index (χ0n) is 12.3. The van der Waals surface area contributed by atoms with E-state index in [0.29, 0.717) is 6.79 Å². The summed E-state index contributed by atoms with van der Waals surface area (Å²) in [7, 11) is -1.02. The average Bonchev–Trinajstić information content (AvgIpc) is 2.40. The van der Waals surface area contributed by atoms with Crippen LogP contribution in [0.2, 0.25) is 25.7 Å².